The first kappa shape index (κ1) is 18.3. The van der Waals surface area contributed by atoms with Crippen molar-refractivity contribution in [2.75, 3.05) is 6.54 Å². The van der Waals surface area contributed by atoms with E-state index in [1.54, 1.807) is 0 Å². The first-order chi connectivity index (χ1) is 9.63. The van der Waals surface area contributed by atoms with E-state index in [0.29, 0.717) is 0 Å². The van der Waals surface area contributed by atoms with Crippen LogP contribution in [0.1, 0.15) is 12.8 Å². The van der Waals surface area contributed by atoms with Gasteiger partial charge in [0.05, 0.1) is 25.4 Å². The van der Waals surface area contributed by atoms with Crippen molar-refractivity contribution in [3.8, 4) is 0 Å². The number of hydrogen-bond acceptors (Lipinski definition) is 6. The Morgan fingerprint density at radius 2 is 1.62 bits per heavy atom. The van der Waals surface area contributed by atoms with Gasteiger partial charge in [-0.05, 0) is 0 Å². The molecule has 0 aliphatic heterocycles. The molecule has 0 aromatic carbocycles. The lowest BCUT2D eigenvalue weighted by atomic mass is 10.2. The Hall–Kier alpha value is -2.69. The summed E-state index contributed by atoms with van der Waals surface area (Å²) in [7, 11) is 0. The zero-order chi connectivity index (χ0) is 16.6. The van der Waals surface area contributed by atoms with Crippen LogP contribution in [-0.4, -0.2) is 58.5 Å². The monoisotopic (exact) mass is 304 g/mol. The van der Waals surface area contributed by atoms with Crippen LogP contribution in [0, 0.1) is 0 Å². The molecule has 0 aliphatic carbocycles. The predicted molar refractivity (Wildman–Crippen MR) is 66.6 cm³/mol. The fraction of sp³-hybridized carbons (Fsp3) is 0.500. The van der Waals surface area contributed by atoms with Crippen molar-refractivity contribution in [2.24, 2.45) is 11.5 Å². The summed E-state index contributed by atoms with van der Waals surface area (Å²) < 4.78 is 0. The zero-order valence-corrected chi connectivity index (χ0v) is 10.9. The molecule has 3 amide bonds. The van der Waals surface area contributed by atoms with Gasteiger partial charge in [-0.3, -0.25) is 19.2 Å². The second-order valence-electron chi connectivity index (χ2n) is 4.05. The van der Waals surface area contributed by atoms with Crippen LogP contribution in [0.4, 0.5) is 0 Å². The molecule has 0 radical (unpaired) electrons. The molecule has 0 fully saturated rings. The Morgan fingerprint density at radius 1 is 1.05 bits per heavy atom. The third kappa shape index (κ3) is 8.15. The summed E-state index contributed by atoms with van der Waals surface area (Å²) in [5.74, 6) is -5.47. The van der Waals surface area contributed by atoms with Crippen molar-refractivity contribution >= 4 is 29.7 Å². The molecule has 0 saturated carbocycles. The first-order valence-electron chi connectivity index (χ1n) is 5.69. The van der Waals surface area contributed by atoms with Crippen molar-refractivity contribution in [3.63, 3.8) is 0 Å². The second-order valence-corrected chi connectivity index (χ2v) is 4.05. The maximum atomic E-state index is 11.4. The van der Waals surface area contributed by atoms with Gasteiger partial charge in [-0.2, -0.15) is 0 Å². The van der Waals surface area contributed by atoms with Crippen molar-refractivity contribution in [1.29, 1.82) is 0 Å². The molecule has 8 N–H and O–H groups in total. The Kier molecular flexibility index (Phi) is 7.39. The number of nitrogens with two attached hydrogens (primary N) is 2. The number of nitrogens with one attached hydrogen (secondary N) is 2. The Balaban J connectivity index is 4.30. The summed E-state index contributed by atoms with van der Waals surface area (Å²) in [6, 6.07) is -2.85. The Labute approximate surface area is 118 Å². The van der Waals surface area contributed by atoms with E-state index in [4.69, 9.17) is 21.7 Å². The van der Waals surface area contributed by atoms with Gasteiger partial charge < -0.3 is 32.3 Å². The average Bonchev–Trinajstić information content (AvgIpc) is 2.33. The maximum absolute atomic E-state index is 11.4. The molecule has 0 unspecified atom stereocenters. The van der Waals surface area contributed by atoms with Crippen LogP contribution in [0.25, 0.3) is 0 Å². The molecular formula is C10H16N4O7. The highest BCUT2D eigenvalue weighted by Crippen LogP contribution is 1.93. The highest BCUT2D eigenvalue weighted by molar-refractivity contribution is 5.92. The van der Waals surface area contributed by atoms with Gasteiger partial charge in [0.2, 0.25) is 17.7 Å². The van der Waals surface area contributed by atoms with Crippen LogP contribution in [0.5, 0.6) is 0 Å². The smallest absolute Gasteiger partial charge is 0.326 e. The fourth-order valence-electron chi connectivity index (χ4n) is 1.23. The number of rotatable bonds is 9. The van der Waals surface area contributed by atoms with Crippen LogP contribution >= 0.6 is 0 Å². The summed E-state index contributed by atoms with van der Waals surface area (Å²) in [4.78, 5) is 54.4. The van der Waals surface area contributed by atoms with Crippen LogP contribution in [0.15, 0.2) is 0 Å². The van der Waals surface area contributed by atoms with Gasteiger partial charge in [0.15, 0.2) is 0 Å². The second kappa shape index (κ2) is 8.47. The number of primary amides is 1. The number of carbonyl (C=O) groups excluding carboxylic acids is 3. The lowest BCUT2D eigenvalue weighted by Crippen LogP contribution is -2.49. The zero-order valence-electron chi connectivity index (χ0n) is 10.9. The standard InChI is InChI=1S/C10H16N4O7/c11-4(1-6(12)15)9(19)13-3-7(16)14-5(10(20)21)2-8(17)18/h4-5H,1-3,11H2,(H2,12,15)(H,13,19)(H,14,16)(H,17,18)(H,20,21)/t4-,5-/m0/s1. The molecule has 0 aromatic heterocycles. The van der Waals surface area contributed by atoms with Gasteiger partial charge in [-0.15, -0.1) is 0 Å². The van der Waals surface area contributed by atoms with E-state index in [9.17, 15) is 24.0 Å². The fourth-order valence-corrected chi connectivity index (χ4v) is 1.23. The molecule has 0 aromatic rings. The largest absolute Gasteiger partial charge is 0.481 e. The lowest BCUT2D eigenvalue weighted by Gasteiger charge is -2.14. The van der Waals surface area contributed by atoms with Crippen molar-refractivity contribution in [2.45, 2.75) is 24.9 Å². The van der Waals surface area contributed by atoms with Gasteiger partial charge >= 0.3 is 11.9 Å². The van der Waals surface area contributed by atoms with E-state index in [2.05, 4.69) is 5.32 Å². The van der Waals surface area contributed by atoms with Crippen LogP contribution in [-0.2, 0) is 24.0 Å². The number of carboxylic acids is 2. The maximum Gasteiger partial charge on any atom is 0.326 e. The summed E-state index contributed by atoms with van der Waals surface area (Å²) in [6.45, 7) is -0.616. The molecular weight excluding hydrogens is 288 g/mol. The number of hydrogen-bond donors (Lipinski definition) is 6. The molecule has 2 atom stereocenters. The van der Waals surface area contributed by atoms with Crippen molar-refractivity contribution in [3.05, 3.63) is 0 Å². The molecule has 0 bridgehead atoms. The van der Waals surface area contributed by atoms with E-state index in [0.717, 1.165) is 0 Å². The van der Waals surface area contributed by atoms with Crippen LogP contribution in [0.3, 0.4) is 0 Å². The van der Waals surface area contributed by atoms with E-state index in [1.165, 1.54) is 0 Å². The van der Waals surface area contributed by atoms with Gasteiger partial charge in [-0.25, -0.2) is 4.79 Å². The van der Waals surface area contributed by atoms with Gasteiger partial charge in [-0.1, -0.05) is 0 Å². The van der Waals surface area contributed by atoms with Crippen LogP contribution < -0.4 is 22.1 Å². The molecule has 0 rings (SSSR count). The first-order valence-corrected chi connectivity index (χ1v) is 5.69. The van der Waals surface area contributed by atoms with Crippen molar-refractivity contribution in [1.82, 2.24) is 10.6 Å². The van der Waals surface area contributed by atoms with E-state index in [1.807, 2.05) is 5.32 Å². The summed E-state index contributed by atoms with van der Waals surface area (Å²) in [6.07, 6.45) is -1.22. The third-order valence-electron chi connectivity index (χ3n) is 2.19. The molecule has 0 saturated heterocycles. The quantitative estimate of drug-likeness (QED) is 0.250. The van der Waals surface area contributed by atoms with Crippen LogP contribution in [0.2, 0.25) is 0 Å². The normalized spacial score (nSPS) is 12.8. The highest BCUT2D eigenvalue weighted by atomic mass is 16.4. The molecule has 11 nitrogen and oxygen atoms in total. The minimum Gasteiger partial charge on any atom is -0.481 e. The lowest BCUT2D eigenvalue weighted by molar-refractivity contribution is -0.147. The summed E-state index contributed by atoms with van der Waals surface area (Å²) in [5.41, 5.74) is 10.1. The van der Waals surface area contributed by atoms with Gasteiger partial charge in [0.25, 0.3) is 0 Å². The molecule has 118 valence electrons. The van der Waals surface area contributed by atoms with E-state index >= 15 is 0 Å². The number of carbonyl (C=O) groups is 5. The SMILES string of the molecule is NC(=O)C[C@H](N)C(=O)NCC(=O)N[C@@H](CC(=O)O)C(=O)O. The van der Waals surface area contributed by atoms with Gasteiger partial charge in [0.1, 0.15) is 6.04 Å². The highest BCUT2D eigenvalue weighted by Gasteiger charge is 2.23. The Morgan fingerprint density at radius 3 is 2.05 bits per heavy atom. The Bertz CT molecular complexity index is 451. The molecule has 0 spiro atoms. The summed E-state index contributed by atoms with van der Waals surface area (Å²) >= 11 is 0. The molecule has 0 aliphatic rings. The summed E-state index contributed by atoms with van der Waals surface area (Å²) in [5, 5.41) is 21.2. The molecule has 0 heterocycles. The number of aliphatic carboxylic acids is 2. The number of amides is 3. The van der Waals surface area contributed by atoms with Crippen molar-refractivity contribution < 1.29 is 34.2 Å². The predicted octanol–water partition coefficient (Wildman–Crippen LogP) is -3.65. The topological polar surface area (TPSA) is 202 Å². The molecule has 21 heavy (non-hydrogen) atoms. The average molecular weight is 304 g/mol. The third-order valence-corrected chi connectivity index (χ3v) is 2.19. The van der Waals surface area contributed by atoms with E-state index < -0.39 is 61.1 Å². The minimum absolute atomic E-state index is 0.412. The number of carboxylic acid groups (broad SMARTS) is 2. The van der Waals surface area contributed by atoms with E-state index in [-0.39, 0.29) is 0 Å². The minimum atomic E-state index is -1.62. The van der Waals surface area contributed by atoms with Gasteiger partial charge in [0, 0.05) is 0 Å². The molecule has 11 heteroatoms.